The Hall–Kier alpha value is -2.13. The summed E-state index contributed by atoms with van der Waals surface area (Å²) in [7, 11) is 0. The predicted molar refractivity (Wildman–Crippen MR) is 127 cm³/mol. The molecule has 2 aromatic rings. The maximum atomic E-state index is 5.82. The van der Waals surface area contributed by atoms with E-state index >= 15 is 0 Å². The summed E-state index contributed by atoms with van der Waals surface area (Å²) in [5.41, 5.74) is 3.54. The highest BCUT2D eigenvalue weighted by molar-refractivity contribution is 5.59. The Morgan fingerprint density at radius 2 is 1.63 bits per heavy atom. The average molecular weight is 410 g/mol. The molecule has 3 nitrogen and oxygen atoms in total. The molecule has 0 radical (unpaired) electrons. The van der Waals surface area contributed by atoms with Gasteiger partial charge >= 0.3 is 0 Å². The minimum Gasteiger partial charge on any atom is -0.492 e. The summed E-state index contributed by atoms with van der Waals surface area (Å²) >= 11 is 0. The van der Waals surface area contributed by atoms with E-state index in [1.807, 2.05) is 18.3 Å². The lowest BCUT2D eigenvalue weighted by atomic mass is 10.0. The number of hydrogen-bond donors (Lipinski definition) is 0. The maximum Gasteiger partial charge on any atom is 0.137 e. The number of ether oxygens (including phenoxy) is 2. The zero-order chi connectivity index (χ0) is 21.3. The average Bonchev–Trinajstić information content (AvgIpc) is 2.79. The molecule has 2 rings (SSSR count). The molecule has 1 heterocycles. The maximum absolute atomic E-state index is 5.82. The number of unbranched alkanes of at least 4 members (excludes halogenated alkanes) is 5. The summed E-state index contributed by atoms with van der Waals surface area (Å²) in [6.45, 7) is 6.77. The fourth-order valence-corrected chi connectivity index (χ4v) is 3.33. The third-order valence-corrected chi connectivity index (χ3v) is 5.11. The molecule has 0 atom stereocenters. The first-order chi connectivity index (χ1) is 14.8. The Bertz CT molecular complexity index is 692. The first-order valence-corrected chi connectivity index (χ1v) is 11.7. The van der Waals surface area contributed by atoms with Crippen molar-refractivity contribution in [2.24, 2.45) is 0 Å². The second-order valence-electron chi connectivity index (χ2n) is 7.77. The van der Waals surface area contributed by atoms with Crippen molar-refractivity contribution in [3.05, 3.63) is 60.3 Å². The highest BCUT2D eigenvalue weighted by Gasteiger charge is 2.02. The molecule has 3 heteroatoms. The summed E-state index contributed by atoms with van der Waals surface area (Å²) in [5, 5.41) is 0. The van der Waals surface area contributed by atoms with Gasteiger partial charge in [0.25, 0.3) is 0 Å². The van der Waals surface area contributed by atoms with Crippen LogP contribution in [0.2, 0.25) is 0 Å². The smallest absolute Gasteiger partial charge is 0.137 e. The van der Waals surface area contributed by atoms with Gasteiger partial charge in [0, 0.05) is 18.8 Å². The Morgan fingerprint density at radius 3 is 2.37 bits per heavy atom. The second kappa shape index (κ2) is 15.7. The molecule has 0 saturated carbocycles. The van der Waals surface area contributed by atoms with Gasteiger partial charge < -0.3 is 9.47 Å². The topological polar surface area (TPSA) is 31.4 Å². The van der Waals surface area contributed by atoms with Crippen molar-refractivity contribution in [2.45, 2.75) is 71.6 Å². The highest BCUT2D eigenvalue weighted by atomic mass is 16.5. The van der Waals surface area contributed by atoms with Gasteiger partial charge in [0.2, 0.25) is 0 Å². The van der Waals surface area contributed by atoms with Crippen LogP contribution in [0, 0.1) is 0 Å². The summed E-state index contributed by atoms with van der Waals surface area (Å²) in [6, 6.07) is 12.9. The van der Waals surface area contributed by atoms with Crippen molar-refractivity contribution in [3.63, 3.8) is 0 Å². The van der Waals surface area contributed by atoms with Crippen LogP contribution in [0.1, 0.15) is 70.8 Å². The molecule has 0 N–H and O–H groups in total. The van der Waals surface area contributed by atoms with Crippen molar-refractivity contribution in [1.29, 1.82) is 0 Å². The lowest BCUT2D eigenvalue weighted by Crippen LogP contribution is -1.98. The van der Waals surface area contributed by atoms with E-state index in [9.17, 15) is 0 Å². The van der Waals surface area contributed by atoms with E-state index in [-0.39, 0.29) is 0 Å². The van der Waals surface area contributed by atoms with Gasteiger partial charge in [-0.2, -0.15) is 0 Å². The fourth-order valence-electron chi connectivity index (χ4n) is 3.33. The first-order valence-electron chi connectivity index (χ1n) is 11.7. The van der Waals surface area contributed by atoms with Crippen LogP contribution < -0.4 is 4.74 Å². The number of allylic oxidation sites excluding steroid dienone is 2. The molecule has 1 aromatic carbocycles. The lowest BCUT2D eigenvalue weighted by Gasteiger charge is -2.08. The van der Waals surface area contributed by atoms with Crippen LogP contribution in [-0.2, 0) is 11.2 Å². The molecule has 0 aliphatic heterocycles. The van der Waals surface area contributed by atoms with E-state index in [1.165, 1.54) is 37.7 Å². The van der Waals surface area contributed by atoms with E-state index in [4.69, 9.17) is 9.47 Å². The molecular formula is C27H39NO2. The number of nitrogens with zero attached hydrogens (tertiary/aromatic N) is 1. The molecule has 164 valence electrons. The zero-order valence-corrected chi connectivity index (χ0v) is 18.9. The lowest BCUT2D eigenvalue weighted by molar-refractivity contribution is 0.130. The third-order valence-electron chi connectivity index (χ3n) is 5.11. The largest absolute Gasteiger partial charge is 0.492 e. The normalized spacial score (nSPS) is 11.3. The second-order valence-corrected chi connectivity index (χ2v) is 7.77. The van der Waals surface area contributed by atoms with E-state index in [2.05, 4.69) is 55.2 Å². The van der Waals surface area contributed by atoms with Crippen LogP contribution in [0.4, 0.5) is 0 Å². The van der Waals surface area contributed by atoms with Gasteiger partial charge in [0.1, 0.15) is 5.75 Å². The number of benzene rings is 1. The minimum absolute atomic E-state index is 0.760. The van der Waals surface area contributed by atoms with Crippen molar-refractivity contribution in [2.75, 3.05) is 19.8 Å². The van der Waals surface area contributed by atoms with Crippen LogP contribution >= 0.6 is 0 Å². The third kappa shape index (κ3) is 10.1. The van der Waals surface area contributed by atoms with Crippen molar-refractivity contribution >= 4 is 0 Å². The van der Waals surface area contributed by atoms with Crippen molar-refractivity contribution in [3.8, 4) is 17.0 Å². The molecular weight excluding hydrogens is 370 g/mol. The fraction of sp³-hybridized carbons (Fsp3) is 0.519. The molecule has 0 fully saturated rings. The SMILES string of the molecule is C/C=C/CCCCCOc1ccc(-c2ccc(CCCCCOCCC)cc2)nc1. The van der Waals surface area contributed by atoms with Crippen LogP contribution in [-0.4, -0.2) is 24.8 Å². The van der Waals surface area contributed by atoms with Gasteiger partial charge in [0.05, 0.1) is 18.5 Å². The Balaban J connectivity index is 1.67. The van der Waals surface area contributed by atoms with E-state index in [0.717, 1.165) is 62.5 Å². The van der Waals surface area contributed by atoms with Crippen LogP contribution in [0.25, 0.3) is 11.3 Å². The number of aryl methyl sites for hydroxylation is 1. The molecule has 0 unspecified atom stereocenters. The van der Waals surface area contributed by atoms with Gasteiger partial charge in [0.15, 0.2) is 0 Å². The van der Waals surface area contributed by atoms with Gasteiger partial charge in [-0.15, -0.1) is 0 Å². The van der Waals surface area contributed by atoms with Crippen LogP contribution in [0.3, 0.4) is 0 Å². The van der Waals surface area contributed by atoms with E-state index < -0.39 is 0 Å². The van der Waals surface area contributed by atoms with E-state index in [1.54, 1.807) is 0 Å². The quantitative estimate of drug-likeness (QED) is 0.214. The number of hydrogen-bond acceptors (Lipinski definition) is 3. The summed E-state index contributed by atoms with van der Waals surface area (Å²) < 4.78 is 11.4. The summed E-state index contributed by atoms with van der Waals surface area (Å²) in [6.07, 6.45) is 16.7. The Kier molecular flexibility index (Phi) is 12.6. The van der Waals surface area contributed by atoms with Gasteiger partial charge in [-0.1, -0.05) is 49.8 Å². The van der Waals surface area contributed by atoms with Gasteiger partial charge in [-0.25, -0.2) is 0 Å². The molecule has 0 saturated heterocycles. The Labute approximate surface area is 183 Å². The van der Waals surface area contributed by atoms with E-state index in [0.29, 0.717) is 0 Å². The van der Waals surface area contributed by atoms with Crippen molar-refractivity contribution < 1.29 is 9.47 Å². The first kappa shape index (κ1) is 24.1. The predicted octanol–water partition coefficient (Wildman–Crippen LogP) is 7.40. The summed E-state index contributed by atoms with van der Waals surface area (Å²) in [5.74, 6) is 0.853. The number of pyridine rings is 1. The zero-order valence-electron chi connectivity index (χ0n) is 18.9. The monoisotopic (exact) mass is 409 g/mol. The van der Waals surface area contributed by atoms with Gasteiger partial charge in [-0.3, -0.25) is 4.98 Å². The summed E-state index contributed by atoms with van der Waals surface area (Å²) in [4.78, 5) is 4.58. The molecule has 1 aromatic heterocycles. The molecule has 0 aliphatic rings. The molecule has 0 bridgehead atoms. The van der Waals surface area contributed by atoms with Gasteiger partial charge in [-0.05, 0) is 76.0 Å². The van der Waals surface area contributed by atoms with Crippen LogP contribution in [0.5, 0.6) is 5.75 Å². The standard InChI is InChI=1S/C27H39NO2/c1-3-5-6-7-8-12-22-30-26-18-19-27(28-23-26)25-16-14-24(15-17-25)13-10-9-11-21-29-20-4-2/h3,5,14-19,23H,4,6-13,20-22H2,1-2H3/b5-3+. The van der Waals surface area contributed by atoms with Crippen molar-refractivity contribution in [1.82, 2.24) is 4.98 Å². The number of rotatable bonds is 16. The molecule has 0 spiro atoms. The molecule has 30 heavy (non-hydrogen) atoms. The molecule has 0 amide bonds. The van der Waals surface area contributed by atoms with Crippen LogP contribution in [0.15, 0.2) is 54.7 Å². The minimum atomic E-state index is 0.760. The number of aromatic nitrogens is 1. The Morgan fingerprint density at radius 1 is 0.833 bits per heavy atom. The highest BCUT2D eigenvalue weighted by Crippen LogP contribution is 2.21. The molecule has 0 aliphatic carbocycles.